The first-order chi connectivity index (χ1) is 5.86. The lowest BCUT2D eigenvalue weighted by Crippen LogP contribution is -2.17. The van der Waals surface area contributed by atoms with Crippen LogP contribution in [0.25, 0.3) is 0 Å². The van der Waals surface area contributed by atoms with Crippen LogP contribution in [0.1, 0.15) is 24.1 Å². The molecule has 64 valence electrons. The Labute approximate surface area is 72.2 Å². The van der Waals surface area contributed by atoms with E-state index in [0.717, 1.165) is 18.3 Å². The van der Waals surface area contributed by atoms with Gasteiger partial charge >= 0.3 is 0 Å². The lowest BCUT2D eigenvalue weighted by molar-refractivity contribution is 0.669. The van der Waals surface area contributed by atoms with E-state index < -0.39 is 0 Å². The summed E-state index contributed by atoms with van der Waals surface area (Å²) in [6.45, 7) is 2.93. The molecule has 0 aromatic carbocycles. The van der Waals surface area contributed by atoms with Crippen molar-refractivity contribution in [2.24, 2.45) is 0 Å². The van der Waals surface area contributed by atoms with Gasteiger partial charge in [-0.1, -0.05) is 0 Å². The number of rotatable bonds is 3. The highest BCUT2D eigenvalue weighted by atomic mass is 15.0. The van der Waals surface area contributed by atoms with Crippen molar-refractivity contribution < 1.29 is 0 Å². The summed E-state index contributed by atoms with van der Waals surface area (Å²) in [6, 6.07) is 0.749. The average Bonchev–Trinajstić information content (AvgIpc) is 2.86. The summed E-state index contributed by atoms with van der Waals surface area (Å²) in [5, 5.41) is 3.42. The van der Waals surface area contributed by atoms with Crippen molar-refractivity contribution in [2.75, 3.05) is 0 Å². The minimum absolute atomic E-state index is 0.749. The molecule has 0 bridgehead atoms. The fraction of sp³-hybridized carbons (Fsp3) is 0.556. The predicted molar refractivity (Wildman–Crippen MR) is 46.6 cm³/mol. The Bertz CT molecular complexity index is 268. The molecule has 1 N–H and O–H groups in total. The van der Waals surface area contributed by atoms with Gasteiger partial charge in [0.05, 0.1) is 5.69 Å². The van der Waals surface area contributed by atoms with Gasteiger partial charge in [0, 0.05) is 18.8 Å². The summed E-state index contributed by atoms with van der Waals surface area (Å²) < 4.78 is 0. The SMILES string of the molecule is Cc1cncnc1CNC1CC1. The van der Waals surface area contributed by atoms with Gasteiger partial charge in [-0.15, -0.1) is 0 Å². The van der Waals surface area contributed by atoms with Crippen LogP contribution in [0, 0.1) is 6.92 Å². The van der Waals surface area contributed by atoms with Gasteiger partial charge in [0.15, 0.2) is 0 Å². The highest BCUT2D eigenvalue weighted by Crippen LogP contribution is 2.19. The molecule has 0 amide bonds. The minimum Gasteiger partial charge on any atom is -0.308 e. The van der Waals surface area contributed by atoms with Gasteiger partial charge in [0.2, 0.25) is 0 Å². The first-order valence-electron chi connectivity index (χ1n) is 4.35. The van der Waals surface area contributed by atoms with Gasteiger partial charge in [0.25, 0.3) is 0 Å². The predicted octanol–water partition coefficient (Wildman–Crippen LogP) is 1.04. The Kier molecular flexibility index (Phi) is 2.04. The van der Waals surface area contributed by atoms with E-state index in [1.807, 2.05) is 13.1 Å². The standard InChI is InChI=1S/C9H13N3/c1-7-4-10-6-12-9(7)5-11-8-2-3-8/h4,6,8,11H,2-3,5H2,1H3. The number of aromatic nitrogens is 2. The molecule has 3 heteroatoms. The topological polar surface area (TPSA) is 37.8 Å². The van der Waals surface area contributed by atoms with Crippen molar-refractivity contribution in [3.05, 3.63) is 23.8 Å². The molecule has 0 aliphatic heterocycles. The molecule has 0 saturated heterocycles. The summed E-state index contributed by atoms with van der Waals surface area (Å²) in [7, 11) is 0. The highest BCUT2D eigenvalue weighted by molar-refractivity contribution is 5.13. The van der Waals surface area contributed by atoms with E-state index in [2.05, 4.69) is 15.3 Å². The van der Waals surface area contributed by atoms with Gasteiger partial charge in [0.1, 0.15) is 6.33 Å². The Morgan fingerprint density at radius 1 is 1.58 bits per heavy atom. The smallest absolute Gasteiger partial charge is 0.115 e. The van der Waals surface area contributed by atoms with Crippen molar-refractivity contribution in [3.8, 4) is 0 Å². The largest absolute Gasteiger partial charge is 0.308 e. The van der Waals surface area contributed by atoms with E-state index in [1.165, 1.54) is 18.4 Å². The number of nitrogens with zero attached hydrogens (tertiary/aromatic N) is 2. The Balaban J connectivity index is 1.96. The number of nitrogens with one attached hydrogen (secondary N) is 1. The maximum absolute atomic E-state index is 4.20. The van der Waals surface area contributed by atoms with Gasteiger partial charge in [-0.2, -0.15) is 0 Å². The summed E-state index contributed by atoms with van der Waals surface area (Å²) in [5.74, 6) is 0. The van der Waals surface area contributed by atoms with Crippen molar-refractivity contribution in [1.82, 2.24) is 15.3 Å². The molecule has 0 unspecified atom stereocenters. The molecule has 3 nitrogen and oxygen atoms in total. The molecule has 0 spiro atoms. The zero-order valence-corrected chi connectivity index (χ0v) is 7.25. The third-order valence-corrected chi connectivity index (χ3v) is 2.14. The van der Waals surface area contributed by atoms with Crippen molar-refractivity contribution >= 4 is 0 Å². The van der Waals surface area contributed by atoms with E-state index in [4.69, 9.17) is 0 Å². The van der Waals surface area contributed by atoms with Crippen LogP contribution < -0.4 is 5.32 Å². The third kappa shape index (κ3) is 1.80. The molecule has 12 heavy (non-hydrogen) atoms. The molecule has 1 aliphatic carbocycles. The quantitative estimate of drug-likeness (QED) is 0.723. The van der Waals surface area contributed by atoms with Crippen LogP contribution in [0.3, 0.4) is 0 Å². The molecular weight excluding hydrogens is 150 g/mol. The Hall–Kier alpha value is -0.960. The number of hydrogen-bond acceptors (Lipinski definition) is 3. The van der Waals surface area contributed by atoms with Gasteiger partial charge in [-0.3, -0.25) is 0 Å². The highest BCUT2D eigenvalue weighted by Gasteiger charge is 2.20. The Morgan fingerprint density at radius 3 is 3.08 bits per heavy atom. The molecule has 2 rings (SSSR count). The lowest BCUT2D eigenvalue weighted by Gasteiger charge is -2.03. The molecule has 1 fully saturated rings. The molecule has 0 radical (unpaired) electrons. The van der Waals surface area contributed by atoms with Crippen LogP contribution in [0.2, 0.25) is 0 Å². The average molecular weight is 163 g/mol. The summed E-state index contributed by atoms with van der Waals surface area (Å²) in [4.78, 5) is 8.15. The van der Waals surface area contributed by atoms with E-state index in [0.29, 0.717) is 0 Å². The second-order valence-corrected chi connectivity index (χ2v) is 3.31. The Morgan fingerprint density at radius 2 is 2.42 bits per heavy atom. The van der Waals surface area contributed by atoms with Crippen LogP contribution in [-0.2, 0) is 6.54 Å². The molecular formula is C9H13N3. The van der Waals surface area contributed by atoms with Crippen molar-refractivity contribution in [2.45, 2.75) is 32.4 Å². The van der Waals surface area contributed by atoms with Crippen molar-refractivity contribution in [3.63, 3.8) is 0 Å². The van der Waals surface area contributed by atoms with Gasteiger partial charge < -0.3 is 5.32 Å². The molecule has 0 atom stereocenters. The van der Waals surface area contributed by atoms with Gasteiger partial charge in [-0.25, -0.2) is 9.97 Å². The third-order valence-electron chi connectivity index (χ3n) is 2.14. The number of hydrogen-bond donors (Lipinski definition) is 1. The molecule has 1 aliphatic rings. The molecule has 1 saturated carbocycles. The molecule has 1 heterocycles. The van der Waals surface area contributed by atoms with E-state index in [9.17, 15) is 0 Å². The maximum Gasteiger partial charge on any atom is 0.115 e. The fourth-order valence-electron chi connectivity index (χ4n) is 1.14. The van der Waals surface area contributed by atoms with E-state index in [1.54, 1.807) is 6.33 Å². The normalized spacial score (nSPS) is 16.4. The number of aryl methyl sites for hydroxylation is 1. The zero-order chi connectivity index (χ0) is 8.39. The fourth-order valence-corrected chi connectivity index (χ4v) is 1.14. The van der Waals surface area contributed by atoms with Crippen LogP contribution in [0.15, 0.2) is 12.5 Å². The van der Waals surface area contributed by atoms with Crippen LogP contribution in [0.4, 0.5) is 0 Å². The van der Waals surface area contributed by atoms with Crippen LogP contribution in [0.5, 0.6) is 0 Å². The monoisotopic (exact) mass is 163 g/mol. The summed E-state index contributed by atoms with van der Waals surface area (Å²) in [5.41, 5.74) is 2.29. The first kappa shape index (κ1) is 7.68. The van der Waals surface area contributed by atoms with Gasteiger partial charge in [-0.05, 0) is 25.3 Å². The first-order valence-corrected chi connectivity index (χ1v) is 4.35. The molecule has 1 aromatic heterocycles. The van der Waals surface area contributed by atoms with E-state index in [-0.39, 0.29) is 0 Å². The van der Waals surface area contributed by atoms with Crippen molar-refractivity contribution in [1.29, 1.82) is 0 Å². The molecule has 1 aromatic rings. The second-order valence-electron chi connectivity index (χ2n) is 3.31. The zero-order valence-electron chi connectivity index (χ0n) is 7.25. The second kappa shape index (κ2) is 3.19. The van der Waals surface area contributed by atoms with Crippen LogP contribution >= 0.6 is 0 Å². The maximum atomic E-state index is 4.20. The van der Waals surface area contributed by atoms with E-state index >= 15 is 0 Å². The lowest BCUT2D eigenvalue weighted by atomic mass is 10.2. The van der Waals surface area contributed by atoms with Crippen LogP contribution in [-0.4, -0.2) is 16.0 Å². The minimum atomic E-state index is 0.749. The summed E-state index contributed by atoms with van der Waals surface area (Å²) in [6.07, 6.45) is 6.11. The summed E-state index contributed by atoms with van der Waals surface area (Å²) >= 11 is 0.